The zero-order chi connectivity index (χ0) is 17.5. The predicted molar refractivity (Wildman–Crippen MR) is 96.0 cm³/mol. The van der Waals surface area contributed by atoms with Gasteiger partial charge in [0.2, 0.25) is 5.91 Å². The first-order valence-electron chi connectivity index (χ1n) is 8.25. The minimum absolute atomic E-state index is 0.0510. The number of benzene rings is 1. The molecule has 1 unspecified atom stereocenters. The number of rotatable bonds is 8. The molecule has 24 heavy (non-hydrogen) atoms. The van der Waals surface area contributed by atoms with E-state index >= 15 is 0 Å². The lowest BCUT2D eigenvalue weighted by molar-refractivity contribution is -0.120. The summed E-state index contributed by atoms with van der Waals surface area (Å²) in [5, 5.41) is 7.59. The second kappa shape index (κ2) is 8.85. The van der Waals surface area contributed by atoms with Crippen LogP contribution in [-0.2, 0) is 11.2 Å². The number of carbonyl (C=O) groups is 1. The van der Waals surface area contributed by atoms with Gasteiger partial charge in [0.05, 0.1) is 12.1 Å². The number of carbonyl (C=O) groups excluding carboxylic acids is 1. The standard InChI is InChI=1S/C18H24ClN3O2/c1-4-22(5-2)13(3)12-20-18(23)11-16-10-17(24-21-16)14-6-8-15(19)9-7-14/h6-10,13H,4-5,11-12H2,1-3H3,(H,20,23). The maximum Gasteiger partial charge on any atom is 0.226 e. The van der Waals surface area contributed by atoms with E-state index in [0.717, 1.165) is 18.7 Å². The van der Waals surface area contributed by atoms with Gasteiger partial charge in [0.15, 0.2) is 5.76 Å². The predicted octanol–water partition coefficient (Wildman–Crippen LogP) is 3.38. The van der Waals surface area contributed by atoms with Gasteiger partial charge in [0, 0.05) is 29.2 Å². The smallest absolute Gasteiger partial charge is 0.226 e. The van der Waals surface area contributed by atoms with E-state index in [9.17, 15) is 4.79 Å². The van der Waals surface area contributed by atoms with E-state index in [1.165, 1.54) is 0 Å². The van der Waals surface area contributed by atoms with Crippen LogP contribution in [0.1, 0.15) is 26.5 Å². The lowest BCUT2D eigenvalue weighted by Gasteiger charge is -2.26. The van der Waals surface area contributed by atoms with Crippen LogP contribution in [0.4, 0.5) is 0 Å². The highest BCUT2D eigenvalue weighted by molar-refractivity contribution is 6.30. The lowest BCUT2D eigenvalue weighted by atomic mass is 10.1. The Morgan fingerprint density at radius 1 is 1.29 bits per heavy atom. The molecule has 0 aliphatic rings. The Kier molecular flexibility index (Phi) is 6.82. The van der Waals surface area contributed by atoms with Crippen molar-refractivity contribution in [2.45, 2.75) is 33.2 Å². The zero-order valence-corrected chi connectivity index (χ0v) is 15.1. The van der Waals surface area contributed by atoms with E-state index in [4.69, 9.17) is 16.1 Å². The van der Waals surface area contributed by atoms with Gasteiger partial charge < -0.3 is 9.84 Å². The number of nitrogens with zero attached hydrogens (tertiary/aromatic N) is 2. The molecule has 1 aromatic heterocycles. The van der Waals surface area contributed by atoms with Crippen molar-refractivity contribution < 1.29 is 9.32 Å². The van der Waals surface area contributed by atoms with Gasteiger partial charge in [0.25, 0.3) is 0 Å². The summed E-state index contributed by atoms with van der Waals surface area (Å²) in [6.07, 6.45) is 0.210. The van der Waals surface area contributed by atoms with Crippen molar-refractivity contribution in [1.29, 1.82) is 0 Å². The third kappa shape index (κ3) is 5.08. The van der Waals surface area contributed by atoms with Gasteiger partial charge >= 0.3 is 0 Å². The molecular formula is C18H24ClN3O2. The van der Waals surface area contributed by atoms with Crippen LogP contribution in [-0.4, -0.2) is 41.6 Å². The van der Waals surface area contributed by atoms with Gasteiger partial charge in [-0.2, -0.15) is 0 Å². The third-order valence-electron chi connectivity index (χ3n) is 4.06. The average molecular weight is 350 g/mol. The number of hydrogen-bond acceptors (Lipinski definition) is 4. The van der Waals surface area contributed by atoms with Gasteiger partial charge in [-0.05, 0) is 44.3 Å². The van der Waals surface area contributed by atoms with E-state index in [1.54, 1.807) is 18.2 Å². The molecule has 5 nitrogen and oxygen atoms in total. The summed E-state index contributed by atoms with van der Waals surface area (Å²) >= 11 is 5.87. The molecule has 2 aromatic rings. The van der Waals surface area contributed by atoms with Crippen LogP contribution in [0.5, 0.6) is 0 Å². The minimum Gasteiger partial charge on any atom is -0.356 e. The monoisotopic (exact) mass is 349 g/mol. The summed E-state index contributed by atoms with van der Waals surface area (Å²) in [7, 11) is 0. The maximum absolute atomic E-state index is 12.1. The van der Waals surface area contributed by atoms with Crippen LogP contribution >= 0.6 is 11.6 Å². The lowest BCUT2D eigenvalue weighted by Crippen LogP contribution is -2.42. The molecule has 130 valence electrons. The number of aromatic nitrogens is 1. The molecule has 0 saturated heterocycles. The van der Waals surface area contributed by atoms with Gasteiger partial charge in [-0.3, -0.25) is 9.69 Å². The topological polar surface area (TPSA) is 58.4 Å². The molecule has 0 aliphatic carbocycles. The van der Waals surface area contributed by atoms with E-state index < -0.39 is 0 Å². The second-order valence-corrected chi connectivity index (χ2v) is 6.18. The number of hydrogen-bond donors (Lipinski definition) is 1. The molecule has 0 radical (unpaired) electrons. The Bertz CT molecular complexity index is 651. The highest BCUT2D eigenvalue weighted by Crippen LogP contribution is 2.22. The van der Waals surface area contributed by atoms with Crippen molar-refractivity contribution in [3.8, 4) is 11.3 Å². The van der Waals surface area contributed by atoms with Crippen LogP contribution in [0.25, 0.3) is 11.3 Å². The molecule has 0 saturated carbocycles. The summed E-state index contributed by atoms with van der Waals surface area (Å²) in [5.41, 5.74) is 1.50. The first-order chi connectivity index (χ1) is 11.5. The summed E-state index contributed by atoms with van der Waals surface area (Å²) in [6, 6.07) is 9.40. The molecule has 0 spiro atoms. The molecule has 1 amide bonds. The molecule has 1 N–H and O–H groups in total. The number of halogens is 1. The molecule has 1 aromatic carbocycles. The first-order valence-corrected chi connectivity index (χ1v) is 8.63. The van der Waals surface area contributed by atoms with Crippen molar-refractivity contribution in [2.24, 2.45) is 0 Å². The molecule has 0 aliphatic heterocycles. The highest BCUT2D eigenvalue weighted by atomic mass is 35.5. The maximum atomic E-state index is 12.1. The van der Waals surface area contributed by atoms with Crippen LogP contribution in [0.15, 0.2) is 34.9 Å². The normalized spacial score (nSPS) is 12.4. The van der Waals surface area contributed by atoms with Crippen LogP contribution < -0.4 is 5.32 Å². The van der Waals surface area contributed by atoms with Gasteiger partial charge in [-0.1, -0.05) is 30.6 Å². The zero-order valence-electron chi connectivity index (χ0n) is 14.4. The van der Waals surface area contributed by atoms with E-state index in [-0.39, 0.29) is 12.3 Å². The average Bonchev–Trinajstić information content (AvgIpc) is 3.03. The van der Waals surface area contributed by atoms with E-state index in [2.05, 4.69) is 36.1 Å². The quantitative estimate of drug-likeness (QED) is 0.793. The Morgan fingerprint density at radius 2 is 1.96 bits per heavy atom. The molecule has 6 heteroatoms. The van der Waals surface area contributed by atoms with Gasteiger partial charge in [-0.25, -0.2) is 0 Å². The van der Waals surface area contributed by atoms with Crippen LogP contribution in [0.3, 0.4) is 0 Å². The molecule has 1 heterocycles. The summed E-state index contributed by atoms with van der Waals surface area (Å²) in [4.78, 5) is 14.4. The fourth-order valence-corrected chi connectivity index (χ4v) is 2.74. The second-order valence-electron chi connectivity index (χ2n) is 5.74. The largest absolute Gasteiger partial charge is 0.356 e. The van der Waals surface area contributed by atoms with Crippen molar-refractivity contribution in [3.05, 3.63) is 41.0 Å². The van der Waals surface area contributed by atoms with Gasteiger partial charge in [-0.15, -0.1) is 0 Å². The van der Waals surface area contributed by atoms with Gasteiger partial charge in [0.1, 0.15) is 0 Å². The van der Waals surface area contributed by atoms with Crippen molar-refractivity contribution in [3.63, 3.8) is 0 Å². The minimum atomic E-state index is -0.0510. The fraction of sp³-hybridized carbons (Fsp3) is 0.444. The van der Waals surface area contributed by atoms with Crippen molar-refractivity contribution >= 4 is 17.5 Å². The van der Waals surface area contributed by atoms with Crippen LogP contribution in [0, 0.1) is 0 Å². The number of likely N-dealkylation sites (N-methyl/N-ethyl adjacent to an activating group) is 1. The highest BCUT2D eigenvalue weighted by Gasteiger charge is 2.14. The summed E-state index contributed by atoms with van der Waals surface area (Å²) in [5.74, 6) is 0.580. The molecule has 2 rings (SSSR count). The van der Waals surface area contributed by atoms with Crippen LogP contribution in [0.2, 0.25) is 5.02 Å². The summed E-state index contributed by atoms with van der Waals surface area (Å²) in [6.45, 7) is 8.93. The van der Waals surface area contributed by atoms with E-state index in [0.29, 0.717) is 29.1 Å². The van der Waals surface area contributed by atoms with Crippen molar-refractivity contribution in [2.75, 3.05) is 19.6 Å². The fourth-order valence-electron chi connectivity index (χ4n) is 2.61. The Labute approximate surface area is 148 Å². The number of amides is 1. The molecular weight excluding hydrogens is 326 g/mol. The SMILES string of the molecule is CCN(CC)C(C)CNC(=O)Cc1cc(-c2ccc(Cl)cc2)on1. The number of nitrogens with one attached hydrogen (secondary N) is 1. The Balaban J connectivity index is 1.87. The first kappa shape index (κ1) is 18.5. The molecule has 1 atom stereocenters. The Hall–Kier alpha value is -1.85. The molecule has 0 fully saturated rings. The molecule has 0 bridgehead atoms. The summed E-state index contributed by atoms with van der Waals surface area (Å²) < 4.78 is 5.31. The third-order valence-corrected chi connectivity index (χ3v) is 4.31. The van der Waals surface area contributed by atoms with Crippen molar-refractivity contribution in [1.82, 2.24) is 15.4 Å². The Morgan fingerprint density at radius 3 is 2.58 bits per heavy atom. The van der Waals surface area contributed by atoms with E-state index in [1.807, 2.05) is 12.1 Å².